The van der Waals surface area contributed by atoms with Gasteiger partial charge in [-0.3, -0.25) is 9.78 Å². The summed E-state index contributed by atoms with van der Waals surface area (Å²) < 4.78 is 46.0. The standard InChI is InChI=1S/C24H22F3N7O2/c25-24(26,27)20(13-19(28)17-2-1-6-29-14-17)32-18-3-4-21(31-15-18)33-23(35)16-5-7-30-22(12-16)34-8-10-36-11-9-34/h1-7,12-15,28,32H,8-11H2,(H,31,33,35)/b20-13-,28-19?. The highest BCUT2D eigenvalue weighted by Gasteiger charge is 2.34. The van der Waals surface area contributed by atoms with Crippen LogP contribution in [0, 0.1) is 5.41 Å². The third-order valence-corrected chi connectivity index (χ3v) is 5.19. The van der Waals surface area contributed by atoms with Crippen LogP contribution in [-0.4, -0.2) is 59.1 Å². The molecule has 1 aliphatic rings. The molecule has 3 aromatic heterocycles. The highest BCUT2D eigenvalue weighted by molar-refractivity contribution is 6.07. The van der Waals surface area contributed by atoms with Crippen molar-refractivity contribution in [3.05, 3.63) is 84.1 Å². The number of allylic oxidation sites excluding steroid dienone is 2. The third-order valence-electron chi connectivity index (χ3n) is 5.19. The van der Waals surface area contributed by atoms with Crippen LogP contribution in [0.1, 0.15) is 15.9 Å². The number of morpholine rings is 1. The van der Waals surface area contributed by atoms with Crippen molar-refractivity contribution >= 4 is 28.9 Å². The Balaban J connectivity index is 1.43. The number of alkyl halides is 3. The molecule has 36 heavy (non-hydrogen) atoms. The van der Waals surface area contributed by atoms with Crippen LogP contribution in [0.3, 0.4) is 0 Å². The first-order valence-electron chi connectivity index (χ1n) is 10.9. The molecule has 1 fully saturated rings. The lowest BCUT2D eigenvalue weighted by atomic mass is 10.1. The van der Waals surface area contributed by atoms with E-state index in [1.165, 1.54) is 42.9 Å². The van der Waals surface area contributed by atoms with Gasteiger partial charge in [-0.2, -0.15) is 13.2 Å². The van der Waals surface area contributed by atoms with Crippen LogP contribution in [0.2, 0.25) is 0 Å². The van der Waals surface area contributed by atoms with Gasteiger partial charge >= 0.3 is 6.18 Å². The Kier molecular flexibility index (Phi) is 7.54. The third kappa shape index (κ3) is 6.42. The van der Waals surface area contributed by atoms with E-state index in [0.29, 0.717) is 43.8 Å². The van der Waals surface area contributed by atoms with Crippen LogP contribution in [0.5, 0.6) is 0 Å². The topological polar surface area (TPSA) is 116 Å². The molecule has 4 heterocycles. The molecular weight excluding hydrogens is 475 g/mol. The zero-order valence-electron chi connectivity index (χ0n) is 18.9. The number of anilines is 3. The van der Waals surface area contributed by atoms with Crippen molar-refractivity contribution < 1.29 is 22.7 Å². The summed E-state index contributed by atoms with van der Waals surface area (Å²) in [6, 6.07) is 8.98. The summed E-state index contributed by atoms with van der Waals surface area (Å²) in [7, 11) is 0. The molecule has 4 rings (SSSR count). The lowest BCUT2D eigenvalue weighted by Gasteiger charge is -2.27. The van der Waals surface area contributed by atoms with Gasteiger partial charge in [-0.05, 0) is 42.5 Å². The summed E-state index contributed by atoms with van der Waals surface area (Å²) in [5, 5.41) is 12.8. The Morgan fingerprint density at radius 3 is 2.50 bits per heavy atom. The normalized spacial score (nSPS) is 14.3. The second kappa shape index (κ2) is 11.0. The number of halogens is 3. The van der Waals surface area contributed by atoms with E-state index in [0.717, 1.165) is 6.20 Å². The number of carbonyl (C=O) groups is 1. The van der Waals surface area contributed by atoms with Crippen molar-refractivity contribution in [2.75, 3.05) is 41.8 Å². The van der Waals surface area contributed by atoms with Gasteiger partial charge in [0.25, 0.3) is 5.91 Å². The zero-order valence-corrected chi connectivity index (χ0v) is 18.9. The van der Waals surface area contributed by atoms with Gasteiger partial charge in [0.05, 0.1) is 30.8 Å². The quantitative estimate of drug-likeness (QED) is 0.424. The SMILES string of the molecule is N=C(/C=C(\Nc1ccc(NC(=O)c2ccnc(N3CCOCC3)c2)nc1)C(F)(F)F)c1cccnc1. The molecule has 0 aliphatic carbocycles. The van der Waals surface area contributed by atoms with Gasteiger partial charge in [-0.25, -0.2) is 9.97 Å². The van der Waals surface area contributed by atoms with Crippen molar-refractivity contribution in [1.29, 1.82) is 5.41 Å². The van der Waals surface area contributed by atoms with Crippen molar-refractivity contribution in [3.8, 4) is 0 Å². The molecule has 3 N–H and O–H groups in total. The van der Waals surface area contributed by atoms with Gasteiger partial charge < -0.3 is 25.7 Å². The summed E-state index contributed by atoms with van der Waals surface area (Å²) in [6.07, 6.45) is 1.41. The molecule has 0 unspecified atom stereocenters. The number of carbonyl (C=O) groups excluding carboxylic acids is 1. The Hall–Kier alpha value is -4.32. The minimum Gasteiger partial charge on any atom is -0.378 e. The number of pyridine rings is 3. The fourth-order valence-electron chi connectivity index (χ4n) is 3.35. The van der Waals surface area contributed by atoms with E-state index >= 15 is 0 Å². The molecule has 0 atom stereocenters. The Bertz CT molecular complexity index is 1240. The van der Waals surface area contributed by atoms with Crippen molar-refractivity contribution in [3.63, 3.8) is 0 Å². The predicted molar refractivity (Wildman–Crippen MR) is 128 cm³/mol. The molecular formula is C24H22F3N7O2. The van der Waals surface area contributed by atoms with Crippen LogP contribution in [0.15, 0.2) is 73.0 Å². The van der Waals surface area contributed by atoms with Gasteiger partial charge in [-0.15, -0.1) is 0 Å². The first kappa shape index (κ1) is 24.8. The van der Waals surface area contributed by atoms with Crippen molar-refractivity contribution in [1.82, 2.24) is 15.0 Å². The Labute approximate surface area is 204 Å². The highest BCUT2D eigenvalue weighted by atomic mass is 19.4. The minimum absolute atomic E-state index is 0.0362. The molecule has 0 aromatic carbocycles. The second-order valence-electron chi connectivity index (χ2n) is 7.72. The number of hydrogen-bond acceptors (Lipinski definition) is 8. The number of amides is 1. The molecule has 186 valence electrons. The zero-order chi connectivity index (χ0) is 25.5. The van der Waals surface area contributed by atoms with Crippen molar-refractivity contribution in [2.24, 2.45) is 0 Å². The number of rotatable bonds is 7. The molecule has 0 bridgehead atoms. The van der Waals surface area contributed by atoms with Crippen LogP contribution in [0.4, 0.5) is 30.5 Å². The lowest BCUT2D eigenvalue weighted by molar-refractivity contribution is -0.0901. The number of aromatic nitrogens is 3. The fourth-order valence-corrected chi connectivity index (χ4v) is 3.35. The van der Waals surface area contributed by atoms with Gasteiger partial charge in [0, 0.05) is 42.8 Å². The van der Waals surface area contributed by atoms with Crippen molar-refractivity contribution in [2.45, 2.75) is 6.18 Å². The van der Waals surface area contributed by atoms with Crippen LogP contribution in [0.25, 0.3) is 0 Å². The van der Waals surface area contributed by atoms with Gasteiger partial charge in [0.1, 0.15) is 17.3 Å². The van der Waals surface area contributed by atoms with Gasteiger partial charge in [0.2, 0.25) is 0 Å². The number of nitrogens with zero attached hydrogens (tertiary/aromatic N) is 4. The number of nitrogens with one attached hydrogen (secondary N) is 3. The molecule has 1 amide bonds. The minimum atomic E-state index is -4.74. The summed E-state index contributed by atoms with van der Waals surface area (Å²) in [6.45, 7) is 2.50. The van der Waals surface area contributed by atoms with Gasteiger partial charge in [0.15, 0.2) is 0 Å². The molecule has 0 radical (unpaired) electrons. The van der Waals surface area contributed by atoms with Gasteiger partial charge in [-0.1, -0.05) is 0 Å². The van der Waals surface area contributed by atoms with Crippen LogP contribution >= 0.6 is 0 Å². The summed E-state index contributed by atoms with van der Waals surface area (Å²) >= 11 is 0. The molecule has 1 aliphatic heterocycles. The summed E-state index contributed by atoms with van der Waals surface area (Å²) in [5.41, 5.74) is -0.846. The average molecular weight is 497 g/mol. The fraction of sp³-hybridized carbons (Fsp3) is 0.208. The highest BCUT2D eigenvalue weighted by Crippen LogP contribution is 2.27. The number of hydrogen-bond donors (Lipinski definition) is 3. The maximum Gasteiger partial charge on any atom is 0.431 e. The Morgan fingerprint density at radius 1 is 1.03 bits per heavy atom. The molecule has 9 nitrogen and oxygen atoms in total. The number of ether oxygens (including phenoxy) is 1. The van der Waals surface area contributed by atoms with E-state index in [1.54, 1.807) is 12.1 Å². The van der Waals surface area contributed by atoms with Crippen LogP contribution in [-0.2, 0) is 4.74 Å². The van der Waals surface area contributed by atoms with Crippen LogP contribution < -0.4 is 15.5 Å². The monoisotopic (exact) mass is 497 g/mol. The van der Waals surface area contributed by atoms with E-state index in [1.807, 2.05) is 4.90 Å². The molecule has 0 saturated carbocycles. The Morgan fingerprint density at radius 2 is 1.83 bits per heavy atom. The predicted octanol–water partition coefficient (Wildman–Crippen LogP) is 3.89. The van der Waals surface area contributed by atoms with E-state index in [2.05, 4.69) is 25.6 Å². The largest absolute Gasteiger partial charge is 0.431 e. The second-order valence-corrected chi connectivity index (χ2v) is 7.72. The smallest absolute Gasteiger partial charge is 0.378 e. The van der Waals surface area contributed by atoms with E-state index in [9.17, 15) is 18.0 Å². The van der Waals surface area contributed by atoms with E-state index in [4.69, 9.17) is 10.1 Å². The molecule has 1 saturated heterocycles. The average Bonchev–Trinajstić information content (AvgIpc) is 2.90. The summed E-state index contributed by atoms with van der Waals surface area (Å²) in [4.78, 5) is 26.8. The maximum absolute atomic E-state index is 13.6. The first-order chi connectivity index (χ1) is 17.3. The first-order valence-corrected chi connectivity index (χ1v) is 10.9. The summed E-state index contributed by atoms with van der Waals surface area (Å²) in [5.74, 6) is 0.388. The molecule has 12 heteroatoms. The molecule has 0 spiro atoms. The van der Waals surface area contributed by atoms with E-state index < -0.39 is 17.8 Å². The lowest BCUT2D eigenvalue weighted by Crippen LogP contribution is -2.36. The molecule has 3 aromatic rings. The maximum atomic E-state index is 13.6. The van der Waals surface area contributed by atoms with E-state index in [-0.39, 0.29) is 22.8 Å².